The fraction of sp³-hybridized carbons (Fsp3) is 0.167. The summed E-state index contributed by atoms with van der Waals surface area (Å²) in [5.74, 6) is 0.230. The van der Waals surface area contributed by atoms with Crippen LogP contribution in [0.4, 0.5) is 0 Å². The number of ether oxygens (including phenoxy) is 1. The van der Waals surface area contributed by atoms with Crippen LogP contribution in [0.15, 0.2) is 28.1 Å². The minimum absolute atomic E-state index is 0.0751. The third-order valence-electron chi connectivity index (χ3n) is 2.28. The Morgan fingerprint density at radius 2 is 2.28 bits per heavy atom. The van der Waals surface area contributed by atoms with E-state index < -0.39 is 0 Å². The van der Waals surface area contributed by atoms with Crippen LogP contribution < -0.4 is 4.74 Å². The van der Waals surface area contributed by atoms with Crippen molar-refractivity contribution in [3.63, 3.8) is 0 Å². The zero-order chi connectivity index (χ0) is 13.1. The van der Waals surface area contributed by atoms with Gasteiger partial charge in [-0.3, -0.25) is 4.79 Å². The number of thioether (sulfide) groups is 2. The minimum atomic E-state index is -0.226. The van der Waals surface area contributed by atoms with Gasteiger partial charge in [-0.25, -0.2) is 0 Å². The summed E-state index contributed by atoms with van der Waals surface area (Å²) in [6, 6.07) is 4.93. The number of carbonyl (C=O) groups excluding carboxylic acids is 1. The van der Waals surface area contributed by atoms with Crippen LogP contribution in [0.1, 0.15) is 5.56 Å². The Bertz CT molecular complexity index is 552. The molecular weight excluding hydrogens is 270 g/mol. The second kappa shape index (κ2) is 5.49. The number of benzene rings is 1. The molecule has 1 aromatic rings. The van der Waals surface area contributed by atoms with Gasteiger partial charge in [0.1, 0.15) is 4.38 Å². The fourth-order valence-corrected chi connectivity index (χ4v) is 2.83. The Kier molecular flexibility index (Phi) is 3.98. The Morgan fingerprint density at radius 3 is 2.89 bits per heavy atom. The molecule has 0 fully saturated rings. The van der Waals surface area contributed by atoms with Crippen molar-refractivity contribution in [3.05, 3.63) is 28.7 Å². The number of carbonyl (C=O) groups is 1. The maximum atomic E-state index is 11.6. The average molecular weight is 281 g/mol. The van der Waals surface area contributed by atoms with Crippen LogP contribution in [0, 0.1) is 0 Å². The Balaban J connectivity index is 2.27. The van der Waals surface area contributed by atoms with Crippen molar-refractivity contribution >= 4 is 39.9 Å². The number of methoxy groups -OCH3 is 1. The van der Waals surface area contributed by atoms with Gasteiger partial charge in [0.15, 0.2) is 11.5 Å². The number of aliphatic imine (C=N–C) groups is 1. The van der Waals surface area contributed by atoms with Gasteiger partial charge in [-0.2, -0.15) is 4.99 Å². The molecule has 2 rings (SSSR count). The van der Waals surface area contributed by atoms with Crippen molar-refractivity contribution in [2.75, 3.05) is 13.4 Å². The van der Waals surface area contributed by atoms with E-state index in [0.29, 0.717) is 10.7 Å². The molecule has 94 valence electrons. The lowest BCUT2D eigenvalue weighted by Crippen LogP contribution is -1.89. The zero-order valence-electron chi connectivity index (χ0n) is 9.84. The molecule has 0 saturated carbocycles. The number of rotatable bonds is 2. The molecule has 1 N–H and O–H groups in total. The molecule has 0 aliphatic carbocycles. The third-order valence-corrected chi connectivity index (χ3v) is 4.25. The van der Waals surface area contributed by atoms with E-state index in [1.54, 1.807) is 18.2 Å². The first-order valence-corrected chi connectivity index (χ1v) is 7.11. The molecule has 0 unspecified atom stereocenters. The highest BCUT2D eigenvalue weighted by Gasteiger charge is 2.21. The second-order valence-corrected chi connectivity index (χ2v) is 5.51. The summed E-state index contributed by atoms with van der Waals surface area (Å²) < 4.78 is 5.76. The molecule has 0 radical (unpaired) electrons. The van der Waals surface area contributed by atoms with Gasteiger partial charge in [0.2, 0.25) is 0 Å². The molecule has 18 heavy (non-hydrogen) atoms. The Morgan fingerprint density at radius 1 is 1.50 bits per heavy atom. The number of amides is 1. The first-order valence-electron chi connectivity index (χ1n) is 5.07. The zero-order valence-corrected chi connectivity index (χ0v) is 11.5. The molecule has 1 heterocycles. The molecule has 0 spiro atoms. The Hall–Kier alpha value is -1.40. The lowest BCUT2D eigenvalue weighted by atomic mass is 10.2. The maximum absolute atomic E-state index is 11.6. The van der Waals surface area contributed by atoms with Crippen LogP contribution >= 0.6 is 23.5 Å². The van der Waals surface area contributed by atoms with Gasteiger partial charge in [0.25, 0.3) is 5.91 Å². The van der Waals surface area contributed by atoms with Crippen molar-refractivity contribution in [2.45, 2.75) is 0 Å². The SMILES string of the molecule is COc1cc(C=C2SC(SC)=NC2=O)ccc1O. The molecule has 1 aromatic carbocycles. The number of aromatic hydroxyl groups is 1. The number of phenolic OH excluding ortho intramolecular Hbond substituents is 1. The highest BCUT2D eigenvalue weighted by atomic mass is 32.2. The van der Waals surface area contributed by atoms with Crippen LogP contribution in [0.2, 0.25) is 0 Å². The van der Waals surface area contributed by atoms with E-state index in [9.17, 15) is 9.90 Å². The topological polar surface area (TPSA) is 58.9 Å². The molecule has 1 aliphatic rings. The normalized spacial score (nSPS) is 17.1. The van der Waals surface area contributed by atoms with E-state index in [-0.39, 0.29) is 11.7 Å². The lowest BCUT2D eigenvalue weighted by molar-refractivity contribution is -0.113. The van der Waals surface area contributed by atoms with Gasteiger partial charge in [0.05, 0.1) is 12.0 Å². The predicted molar refractivity (Wildman–Crippen MR) is 76.2 cm³/mol. The van der Waals surface area contributed by atoms with Gasteiger partial charge in [0, 0.05) is 0 Å². The summed E-state index contributed by atoms with van der Waals surface area (Å²) in [5.41, 5.74) is 0.790. The first kappa shape index (κ1) is 13.0. The molecule has 0 atom stereocenters. The first-order chi connectivity index (χ1) is 8.63. The fourth-order valence-electron chi connectivity index (χ4n) is 1.41. The highest BCUT2D eigenvalue weighted by molar-refractivity contribution is 8.40. The summed E-state index contributed by atoms with van der Waals surface area (Å²) in [5, 5.41) is 9.48. The van der Waals surface area contributed by atoms with Crippen molar-refractivity contribution < 1.29 is 14.6 Å². The number of phenols is 1. The maximum Gasteiger partial charge on any atom is 0.285 e. The third kappa shape index (κ3) is 2.70. The smallest absolute Gasteiger partial charge is 0.285 e. The number of hydrogen-bond acceptors (Lipinski definition) is 5. The van der Waals surface area contributed by atoms with Crippen molar-refractivity contribution in [1.82, 2.24) is 0 Å². The van der Waals surface area contributed by atoms with Crippen LogP contribution in [0.5, 0.6) is 11.5 Å². The van der Waals surface area contributed by atoms with E-state index in [2.05, 4.69) is 4.99 Å². The quantitative estimate of drug-likeness (QED) is 0.845. The van der Waals surface area contributed by atoms with Gasteiger partial charge in [-0.1, -0.05) is 17.8 Å². The van der Waals surface area contributed by atoms with Gasteiger partial charge in [-0.05, 0) is 30.0 Å². The summed E-state index contributed by atoms with van der Waals surface area (Å²) >= 11 is 2.80. The van der Waals surface area contributed by atoms with E-state index in [1.807, 2.05) is 6.26 Å². The van der Waals surface area contributed by atoms with E-state index in [1.165, 1.54) is 36.7 Å². The van der Waals surface area contributed by atoms with Gasteiger partial charge < -0.3 is 9.84 Å². The summed E-state index contributed by atoms with van der Waals surface area (Å²) in [6.45, 7) is 0. The minimum Gasteiger partial charge on any atom is -0.504 e. The summed E-state index contributed by atoms with van der Waals surface area (Å²) in [6.07, 6.45) is 3.62. The van der Waals surface area contributed by atoms with Crippen LogP contribution in [0.3, 0.4) is 0 Å². The summed E-state index contributed by atoms with van der Waals surface area (Å²) in [4.78, 5) is 16.1. The monoisotopic (exact) mass is 281 g/mol. The second-order valence-electron chi connectivity index (χ2n) is 3.43. The van der Waals surface area contributed by atoms with Crippen LogP contribution in [-0.4, -0.2) is 28.8 Å². The number of nitrogens with zero attached hydrogens (tertiary/aromatic N) is 1. The van der Waals surface area contributed by atoms with E-state index in [0.717, 1.165) is 9.94 Å². The van der Waals surface area contributed by atoms with Crippen molar-refractivity contribution in [3.8, 4) is 11.5 Å². The largest absolute Gasteiger partial charge is 0.504 e. The highest BCUT2D eigenvalue weighted by Crippen LogP contribution is 2.34. The lowest BCUT2D eigenvalue weighted by Gasteiger charge is -2.04. The van der Waals surface area contributed by atoms with Gasteiger partial charge >= 0.3 is 0 Å². The molecule has 0 bridgehead atoms. The van der Waals surface area contributed by atoms with Crippen molar-refractivity contribution in [1.29, 1.82) is 0 Å². The number of hydrogen-bond donors (Lipinski definition) is 1. The molecule has 6 heteroatoms. The van der Waals surface area contributed by atoms with Crippen LogP contribution in [-0.2, 0) is 4.79 Å². The average Bonchev–Trinajstić information content (AvgIpc) is 2.72. The standard InChI is InChI=1S/C12H11NO3S2/c1-16-9-5-7(3-4-8(9)14)6-10-11(15)13-12(17-2)18-10/h3-6,14H,1-2H3. The molecular formula is C12H11NO3S2. The molecule has 0 saturated heterocycles. The molecule has 4 nitrogen and oxygen atoms in total. The Labute approximate surface area is 113 Å². The predicted octanol–water partition coefficient (Wildman–Crippen LogP) is 2.73. The molecule has 1 amide bonds. The summed E-state index contributed by atoms with van der Waals surface area (Å²) in [7, 11) is 1.48. The van der Waals surface area contributed by atoms with E-state index >= 15 is 0 Å². The van der Waals surface area contributed by atoms with Crippen molar-refractivity contribution in [2.24, 2.45) is 4.99 Å². The molecule has 0 aromatic heterocycles. The van der Waals surface area contributed by atoms with E-state index in [4.69, 9.17) is 4.74 Å². The van der Waals surface area contributed by atoms with Crippen LogP contribution in [0.25, 0.3) is 6.08 Å². The molecule has 1 aliphatic heterocycles. The van der Waals surface area contributed by atoms with Gasteiger partial charge in [-0.15, -0.1) is 11.8 Å².